The van der Waals surface area contributed by atoms with Crippen molar-refractivity contribution in [3.63, 3.8) is 0 Å². The van der Waals surface area contributed by atoms with Crippen LogP contribution >= 0.6 is 43.2 Å². The summed E-state index contributed by atoms with van der Waals surface area (Å²) in [6, 6.07) is 6.03. The standard InChI is InChI=1S/C20H18Br2N2O2S/c1-11-3-5-14-15(10-23)20(27-17(14)7-11)24-18(25)6-4-12-8-13(21)9-16(22)19(12)26-2/h4,6,8-9,11H,3,5,7H2,1-2H3,(H,24,25). The molecule has 0 radical (unpaired) electrons. The van der Waals surface area contributed by atoms with Crippen LogP contribution in [0.2, 0.25) is 0 Å². The fourth-order valence-electron chi connectivity index (χ4n) is 3.20. The van der Waals surface area contributed by atoms with Gasteiger partial charge in [0.15, 0.2) is 0 Å². The van der Waals surface area contributed by atoms with Crippen molar-refractivity contribution < 1.29 is 9.53 Å². The number of anilines is 1. The van der Waals surface area contributed by atoms with E-state index in [1.165, 1.54) is 22.3 Å². The topological polar surface area (TPSA) is 62.1 Å². The lowest BCUT2D eigenvalue weighted by Gasteiger charge is -2.17. The lowest BCUT2D eigenvalue weighted by atomic mass is 9.89. The molecule has 1 aliphatic rings. The molecule has 0 spiro atoms. The van der Waals surface area contributed by atoms with Crippen molar-refractivity contribution in [3.05, 3.63) is 48.7 Å². The molecule has 1 atom stereocenters. The van der Waals surface area contributed by atoms with Gasteiger partial charge in [-0.25, -0.2) is 0 Å². The van der Waals surface area contributed by atoms with Crippen molar-refractivity contribution in [2.75, 3.05) is 12.4 Å². The molecule has 1 amide bonds. The van der Waals surface area contributed by atoms with Gasteiger partial charge in [-0.2, -0.15) is 5.26 Å². The second kappa shape index (κ2) is 8.59. The monoisotopic (exact) mass is 508 g/mol. The molecule has 1 heterocycles. The van der Waals surface area contributed by atoms with Gasteiger partial charge in [0.25, 0.3) is 0 Å². The summed E-state index contributed by atoms with van der Waals surface area (Å²) in [4.78, 5) is 13.7. The molecule has 2 aromatic rings. The molecular formula is C20H18Br2N2O2S. The van der Waals surface area contributed by atoms with E-state index in [0.29, 0.717) is 22.2 Å². The van der Waals surface area contributed by atoms with Crippen LogP contribution in [0.25, 0.3) is 6.08 Å². The predicted molar refractivity (Wildman–Crippen MR) is 116 cm³/mol. The Morgan fingerprint density at radius 3 is 2.93 bits per heavy atom. The highest BCUT2D eigenvalue weighted by molar-refractivity contribution is 9.11. The van der Waals surface area contributed by atoms with E-state index in [1.54, 1.807) is 13.2 Å². The molecule has 1 aromatic heterocycles. The molecule has 0 bridgehead atoms. The van der Waals surface area contributed by atoms with Crippen molar-refractivity contribution in [1.82, 2.24) is 0 Å². The summed E-state index contributed by atoms with van der Waals surface area (Å²) >= 11 is 8.41. The highest BCUT2D eigenvalue weighted by Gasteiger charge is 2.24. The van der Waals surface area contributed by atoms with Gasteiger partial charge in [-0.1, -0.05) is 22.9 Å². The van der Waals surface area contributed by atoms with Crippen LogP contribution in [0.3, 0.4) is 0 Å². The van der Waals surface area contributed by atoms with Crippen molar-refractivity contribution in [2.24, 2.45) is 5.92 Å². The maximum Gasteiger partial charge on any atom is 0.249 e. The predicted octanol–water partition coefficient (Wildman–Crippen LogP) is 5.93. The third-order valence-electron chi connectivity index (χ3n) is 4.52. The zero-order valence-electron chi connectivity index (χ0n) is 14.9. The van der Waals surface area contributed by atoms with Crippen LogP contribution in [-0.4, -0.2) is 13.0 Å². The normalized spacial score (nSPS) is 16.0. The van der Waals surface area contributed by atoms with E-state index in [-0.39, 0.29) is 5.91 Å². The van der Waals surface area contributed by atoms with Crippen LogP contribution in [-0.2, 0) is 17.6 Å². The first-order valence-electron chi connectivity index (χ1n) is 8.49. The molecule has 1 aliphatic carbocycles. The number of amides is 1. The van der Waals surface area contributed by atoms with Gasteiger partial charge in [-0.05, 0) is 64.9 Å². The van der Waals surface area contributed by atoms with E-state index in [4.69, 9.17) is 4.74 Å². The Labute approximate surface area is 179 Å². The Bertz CT molecular complexity index is 960. The molecule has 1 unspecified atom stereocenters. The Hall–Kier alpha value is -1.62. The summed E-state index contributed by atoms with van der Waals surface area (Å²) < 4.78 is 7.07. The van der Waals surface area contributed by atoms with Gasteiger partial charge in [0, 0.05) is 21.0 Å². The quantitative estimate of drug-likeness (QED) is 0.519. The SMILES string of the molecule is COc1c(Br)cc(Br)cc1C=CC(=O)Nc1sc2c(c1C#N)CCC(C)C2. The van der Waals surface area contributed by atoms with E-state index in [2.05, 4.69) is 50.2 Å². The van der Waals surface area contributed by atoms with E-state index in [9.17, 15) is 10.1 Å². The summed E-state index contributed by atoms with van der Waals surface area (Å²) in [7, 11) is 1.59. The molecule has 0 saturated carbocycles. The number of nitriles is 1. The van der Waals surface area contributed by atoms with Crippen LogP contribution in [0.15, 0.2) is 27.2 Å². The molecule has 27 heavy (non-hydrogen) atoms. The van der Waals surface area contributed by atoms with Gasteiger partial charge in [0.05, 0.1) is 17.1 Å². The second-order valence-corrected chi connectivity index (χ2v) is 9.38. The average Bonchev–Trinajstić information content (AvgIpc) is 2.95. The van der Waals surface area contributed by atoms with Gasteiger partial charge in [-0.3, -0.25) is 4.79 Å². The lowest BCUT2D eigenvalue weighted by Crippen LogP contribution is -2.10. The van der Waals surface area contributed by atoms with Gasteiger partial charge in [0.2, 0.25) is 5.91 Å². The molecule has 140 valence electrons. The van der Waals surface area contributed by atoms with Crippen LogP contribution < -0.4 is 10.1 Å². The molecule has 3 rings (SSSR count). The maximum atomic E-state index is 12.4. The number of nitrogens with zero attached hydrogens (tertiary/aromatic N) is 1. The zero-order valence-corrected chi connectivity index (χ0v) is 18.9. The number of thiophene rings is 1. The van der Waals surface area contributed by atoms with Gasteiger partial charge in [0.1, 0.15) is 16.8 Å². The number of carbonyl (C=O) groups is 1. The smallest absolute Gasteiger partial charge is 0.249 e. The molecule has 0 saturated heterocycles. The summed E-state index contributed by atoms with van der Waals surface area (Å²) in [5, 5.41) is 13.1. The molecule has 4 nitrogen and oxygen atoms in total. The summed E-state index contributed by atoms with van der Waals surface area (Å²) in [6.07, 6.45) is 6.13. The second-order valence-electron chi connectivity index (χ2n) is 6.50. The maximum absolute atomic E-state index is 12.4. The summed E-state index contributed by atoms with van der Waals surface area (Å²) in [5.74, 6) is 1.01. The average molecular weight is 510 g/mol. The number of rotatable bonds is 4. The third-order valence-corrected chi connectivity index (χ3v) is 6.73. The minimum absolute atomic E-state index is 0.267. The molecule has 1 N–H and O–H groups in total. The summed E-state index contributed by atoms with van der Waals surface area (Å²) in [6.45, 7) is 2.22. The number of hydrogen-bond donors (Lipinski definition) is 1. The van der Waals surface area contributed by atoms with Crippen molar-refractivity contribution in [2.45, 2.75) is 26.2 Å². The van der Waals surface area contributed by atoms with Crippen LogP contribution in [0, 0.1) is 17.2 Å². The largest absolute Gasteiger partial charge is 0.495 e. The molecule has 0 fully saturated rings. The number of halogens is 2. The van der Waals surface area contributed by atoms with Crippen LogP contribution in [0.5, 0.6) is 5.75 Å². The highest BCUT2D eigenvalue weighted by Crippen LogP contribution is 2.39. The number of benzene rings is 1. The molecular weight excluding hydrogens is 492 g/mol. The molecule has 7 heteroatoms. The first kappa shape index (κ1) is 20.1. The number of ether oxygens (including phenoxy) is 1. The number of hydrogen-bond acceptors (Lipinski definition) is 4. The van der Waals surface area contributed by atoms with E-state index >= 15 is 0 Å². The lowest BCUT2D eigenvalue weighted by molar-refractivity contribution is -0.111. The van der Waals surface area contributed by atoms with E-state index in [1.807, 2.05) is 12.1 Å². The fraction of sp³-hybridized carbons (Fsp3) is 0.300. The first-order chi connectivity index (χ1) is 12.9. The van der Waals surface area contributed by atoms with Crippen LogP contribution in [0.1, 0.15) is 34.9 Å². The number of carbonyl (C=O) groups excluding carboxylic acids is 1. The Balaban J connectivity index is 1.81. The minimum Gasteiger partial charge on any atom is -0.495 e. The molecule has 1 aromatic carbocycles. The van der Waals surface area contributed by atoms with Gasteiger partial charge < -0.3 is 10.1 Å². The summed E-state index contributed by atoms with van der Waals surface area (Å²) in [5.41, 5.74) is 2.50. The minimum atomic E-state index is -0.267. The van der Waals surface area contributed by atoms with Gasteiger partial charge >= 0.3 is 0 Å². The van der Waals surface area contributed by atoms with Crippen molar-refractivity contribution in [3.8, 4) is 11.8 Å². The van der Waals surface area contributed by atoms with Gasteiger partial charge in [-0.15, -0.1) is 11.3 Å². The van der Waals surface area contributed by atoms with E-state index < -0.39 is 0 Å². The number of nitrogens with one attached hydrogen (secondary N) is 1. The fourth-order valence-corrected chi connectivity index (χ4v) is 5.98. The number of fused-ring (bicyclic) bond motifs is 1. The van der Waals surface area contributed by atoms with Crippen LogP contribution in [0.4, 0.5) is 5.00 Å². The molecule has 0 aliphatic heterocycles. The Kier molecular flexibility index (Phi) is 6.40. The van der Waals surface area contributed by atoms with Crippen molar-refractivity contribution >= 4 is 60.2 Å². The van der Waals surface area contributed by atoms with E-state index in [0.717, 1.165) is 39.3 Å². The first-order valence-corrected chi connectivity index (χ1v) is 10.9. The third kappa shape index (κ3) is 4.45. The Morgan fingerprint density at radius 2 is 2.22 bits per heavy atom. The Morgan fingerprint density at radius 1 is 1.44 bits per heavy atom. The highest BCUT2D eigenvalue weighted by atomic mass is 79.9. The van der Waals surface area contributed by atoms with Crippen molar-refractivity contribution in [1.29, 1.82) is 5.26 Å². The number of methoxy groups -OCH3 is 1. The zero-order chi connectivity index (χ0) is 19.6.